The van der Waals surface area contributed by atoms with E-state index >= 15 is 0 Å². The van der Waals surface area contributed by atoms with Crippen molar-refractivity contribution in [3.05, 3.63) is 0 Å². The van der Waals surface area contributed by atoms with Gasteiger partial charge < -0.3 is 10.8 Å². The highest BCUT2D eigenvalue weighted by atomic mass is 16.3. The number of hydrogen-bond donors (Lipinski definition) is 2. The van der Waals surface area contributed by atoms with E-state index in [2.05, 4.69) is 0 Å². The van der Waals surface area contributed by atoms with Crippen molar-refractivity contribution in [2.75, 3.05) is 0 Å². The Morgan fingerprint density at radius 3 is 2.33 bits per heavy atom. The SMILES string of the molecule is CCC(O)C(N)C(C)=O. The number of carbonyl (C=O) groups excluding carboxylic acids is 1. The average molecular weight is 131 g/mol. The highest BCUT2D eigenvalue weighted by Gasteiger charge is 2.15. The van der Waals surface area contributed by atoms with Crippen LogP contribution in [-0.4, -0.2) is 23.0 Å². The Morgan fingerprint density at radius 1 is 1.78 bits per heavy atom. The van der Waals surface area contributed by atoms with Crippen LogP contribution >= 0.6 is 0 Å². The van der Waals surface area contributed by atoms with Gasteiger partial charge in [-0.15, -0.1) is 0 Å². The molecular formula is C6H13NO2. The third-order valence-electron chi connectivity index (χ3n) is 1.30. The Bertz CT molecular complexity index is 103. The fraction of sp³-hybridized carbons (Fsp3) is 0.833. The maximum Gasteiger partial charge on any atom is 0.149 e. The molecule has 3 heteroatoms. The largest absolute Gasteiger partial charge is 0.391 e. The maximum atomic E-state index is 10.5. The Morgan fingerprint density at radius 2 is 2.22 bits per heavy atom. The zero-order chi connectivity index (χ0) is 7.44. The summed E-state index contributed by atoms with van der Waals surface area (Å²) in [4.78, 5) is 10.5. The molecule has 0 aromatic carbocycles. The van der Waals surface area contributed by atoms with Gasteiger partial charge in [-0.3, -0.25) is 4.79 Å². The lowest BCUT2D eigenvalue weighted by molar-refractivity contribution is -0.120. The van der Waals surface area contributed by atoms with Crippen LogP contribution in [0.3, 0.4) is 0 Å². The molecule has 0 saturated carbocycles. The van der Waals surface area contributed by atoms with Crippen molar-refractivity contribution in [1.82, 2.24) is 0 Å². The van der Waals surface area contributed by atoms with Crippen molar-refractivity contribution < 1.29 is 9.90 Å². The first-order valence-electron chi connectivity index (χ1n) is 3.03. The van der Waals surface area contributed by atoms with Crippen LogP contribution in [0, 0.1) is 0 Å². The summed E-state index contributed by atoms with van der Waals surface area (Å²) < 4.78 is 0. The molecule has 0 aliphatic carbocycles. The van der Waals surface area contributed by atoms with Gasteiger partial charge in [0.2, 0.25) is 0 Å². The molecule has 2 unspecified atom stereocenters. The predicted molar refractivity (Wildman–Crippen MR) is 35.0 cm³/mol. The van der Waals surface area contributed by atoms with Crippen molar-refractivity contribution in [3.8, 4) is 0 Å². The molecule has 0 fully saturated rings. The molecule has 9 heavy (non-hydrogen) atoms. The average Bonchev–Trinajstić information content (AvgIpc) is 1.84. The van der Waals surface area contributed by atoms with Gasteiger partial charge in [-0.05, 0) is 13.3 Å². The summed E-state index contributed by atoms with van der Waals surface area (Å²) in [6.07, 6.45) is -0.150. The predicted octanol–water partition coefficient (Wildman–Crippen LogP) is -0.326. The topological polar surface area (TPSA) is 63.3 Å². The van der Waals surface area contributed by atoms with Crippen LogP contribution in [-0.2, 0) is 4.79 Å². The smallest absolute Gasteiger partial charge is 0.149 e. The molecule has 0 bridgehead atoms. The van der Waals surface area contributed by atoms with Crippen LogP contribution in [0.1, 0.15) is 20.3 Å². The minimum atomic E-state index is -0.699. The van der Waals surface area contributed by atoms with Crippen LogP contribution in [0.5, 0.6) is 0 Å². The zero-order valence-electron chi connectivity index (χ0n) is 5.79. The van der Waals surface area contributed by atoms with Crippen molar-refractivity contribution in [1.29, 1.82) is 0 Å². The van der Waals surface area contributed by atoms with Gasteiger partial charge in [-0.2, -0.15) is 0 Å². The van der Waals surface area contributed by atoms with E-state index in [9.17, 15) is 4.79 Å². The normalized spacial score (nSPS) is 16.9. The van der Waals surface area contributed by atoms with E-state index in [4.69, 9.17) is 10.8 Å². The monoisotopic (exact) mass is 131 g/mol. The standard InChI is InChI=1S/C6H13NO2/c1-3-5(9)6(7)4(2)8/h5-6,9H,3,7H2,1-2H3. The van der Waals surface area contributed by atoms with E-state index in [-0.39, 0.29) is 5.78 Å². The molecule has 0 radical (unpaired) electrons. The summed E-state index contributed by atoms with van der Waals surface area (Å²) >= 11 is 0. The minimum Gasteiger partial charge on any atom is -0.391 e. The number of nitrogens with two attached hydrogens (primary N) is 1. The van der Waals surface area contributed by atoms with Gasteiger partial charge in [0, 0.05) is 0 Å². The second-order valence-electron chi connectivity index (χ2n) is 2.11. The highest BCUT2D eigenvalue weighted by molar-refractivity contribution is 5.81. The molecule has 0 heterocycles. The van der Waals surface area contributed by atoms with E-state index in [1.54, 1.807) is 6.92 Å². The van der Waals surface area contributed by atoms with Gasteiger partial charge in [0.05, 0.1) is 12.1 Å². The third-order valence-corrected chi connectivity index (χ3v) is 1.30. The summed E-state index contributed by atoms with van der Waals surface area (Å²) in [5, 5.41) is 8.95. The number of rotatable bonds is 3. The van der Waals surface area contributed by atoms with Crippen LogP contribution in [0.15, 0.2) is 0 Å². The molecule has 0 spiro atoms. The van der Waals surface area contributed by atoms with Gasteiger partial charge >= 0.3 is 0 Å². The Labute approximate surface area is 54.9 Å². The molecule has 0 aromatic heterocycles. The number of carbonyl (C=O) groups is 1. The van der Waals surface area contributed by atoms with E-state index in [1.807, 2.05) is 0 Å². The number of aliphatic hydroxyl groups is 1. The van der Waals surface area contributed by atoms with E-state index in [0.29, 0.717) is 6.42 Å². The molecule has 2 atom stereocenters. The van der Waals surface area contributed by atoms with E-state index < -0.39 is 12.1 Å². The molecule has 0 aliphatic heterocycles. The molecular weight excluding hydrogens is 118 g/mol. The molecule has 0 aromatic rings. The quantitative estimate of drug-likeness (QED) is 0.551. The fourth-order valence-electron chi connectivity index (χ4n) is 0.525. The summed E-state index contributed by atoms with van der Waals surface area (Å²) in [7, 11) is 0. The molecule has 3 N–H and O–H groups in total. The maximum absolute atomic E-state index is 10.5. The summed E-state index contributed by atoms with van der Waals surface area (Å²) in [6, 6.07) is -0.699. The Balaban J connectivity index is 3.72. The summed E-state index contributed by atoms with van der Waals surface area (Å²) in [5.74, 6) is -0.163. The minimum absolute atomic E-state index is 0.163. The first-order valence-corrected chi connectivity index (χ1v) is 3.03. The molecule has 0 rings (SSSR count). The van der Waals surface area contributed by atoms with Gasteiger partial charge in [-0.25, -0.2) is 0 Å². The molecule has 0 aliphatic rings. The molecule has 3 nitrogen and oxygen atoms in total. The van der Waals surface area contributed by atoms with Crippen LogP contribution < -0.4 is 5.73 Å². The number of hydrogen-bond acceptors (Lipinski definition) is 3. The first kappa shape index (κ1) is 8.59. The van der Waals surface area contributed by atoms with Crippen molar-refractivity contribution >= 4 is 5.78 Å². The van der Waals surface area contributed by atoms with Crippen molar-refractivity contribution in [2.24, 2.45) is 5.73 Å². The zero-order valence-corrected chi connectivity index (χ0v) is 5.79. The second-order valence-corrected chi connectivity index (χ2v) is 2.11. The molecule has 0 amide bonds. The van der Waals surface area contributed by atoms with Gasteiger partial charge in [-0.1, -0.05) is 6.92 Å². The van der Waals surface area contributed by atoms with Crippen molar-refractivity contribution in [3.63, 3.8) is 0 Å². The first-order chi connectivity index (χ1) is 4.09. The van der Waals surface area contributed by atoms with Crippen molar-refractivity contribution in [2.45, 2.75) is 32.4 Å². The van der Waals surface area contributed by atoms with Crippen LogP contribution in [0.2, 0.25) is 0 Å². The second kappa shape index (κ2) is 3.58. The number of Topliss-reactive ketones (excluding diaryl/α,β-unsaturated/α-hetero) is 1. The Kier molecular flexibility index (Phi) is 3.42. The van der Waals surface area contributed by atoms with E-state index in [0.717, 1.165) is 0 Å². The van der Waals surface area contributed by atoms with Crippen LogP contribution in [0.4, 0.5) is 0 Å². The van der Waals surface area contributed by atoms with Crippen LogP contribution in [0.25, 0.3) is 0 Å². The molecule has 0 saturated heterocycles. The number of ketones is 1. The Hall–Kier alpha value is -0.410. The van der Waals surface area contributed by atoms with Gasteiger partial charge in [0.1, 0.15) is 5.78 Å². The summed E-state index contributed by atoms with van der Waals surface area (Å²) in [6.45, 7) is 3.16. The fourth-order valence-corrected chi connectivity index (χ4v) is 0.525. The third kappa shape index (κ3) is 2.58. The lowest BCUT2D eigenvalue weighted by atomic mass is 10.1. The lowest BCUT2D eigenvalue weighted by Crippen LogP contribution is -2.40. The summed E-state index contributed by atoms with van der Waals surface area (Å²) in [5.41, 5.74) is 5.27. The van der Waals surface area contributed by atoms with E-state index in [1.165, 1.54) is 6.92 Å². The van der Waals surface area contributed by atoms with Gasteiger partial charge in [0.25, 0.3) is 0 Å². The lowest BCUT2D eigenvalue weighted by Gasteiger charge is -2.12. The molecule has 54 valence electrons. The number of aliphatic hydroxyl groups excluding tert-OH is 1. The van der Waals surface area contributed by atoms with Gasteiger partial charge in [0.15, 0.2) is 0 Å². The highest BCUT2D eigenvalue weighted by Crippen LogP contribution is 1.95.